The van der Waals surface area contributed by atoms with Gasteiger partial charge in [-0.25, -0.2) is 0 Å². The minimum absolute atomic E-state index is 0.0409. The number of carbonyl (C=O) groups excluding carboxylic acids is 1. The number of hydrogen-bond acceptors (Lipinski definition) is 4. The van der Waals surface area contributed by atoms with E-state index in [-0.39, 0.29) is 19.1 Å². The number of anilines is 1. The van der Waals surface area contributed by atoms with Crippen molar-refractivity contribution < 1.29 is 15.0 Å². The van der Waals surface area contributed by atoms with Crippen LogP contribution in [0.1, 0.15) is 5.56 Å². The van der Waals surface area contributed by atoms with E-state index in [0.29, 0.717) is 0 Å². The fraction of sp³-hybridized carbons (Fsp3) is 0.357. The van der Waals surface area contributed by atoms with Gasteiger partial charge in [0.05, 0.1) is 12.7 Å². The molecule has 1 amide bonds. The maximum atomic E-state index is 11.4. The fourth-order valence-corrected chi connectivity index (χ4v) is 1.40. The molecule has 0 radical (unpaired) electrons. The first-order chi connectivity index (χ1) is 9.02. The highest BCUT2D eigenvalue weighted by atomic mass is 16.3. The number of aliphatic hydroxyl groups excluding tert-OH is 2. The number of hydrogen-bond donors (Lipinski definition) is 3. The summed E-state index contributed by atoms with van der Waals surface area (Å²) in [6.45, 7) is -0.324. The van der Waals surface area contributed by atoms with Crippen molar-refractivity contribution >= 4 is 17.7 Å². The Labute approximate surface area is 113 Å². The van der Waals surface area contributed by atoms with E-state index in [1.165, 1.54) is 6.08 Å². The van der Waals surface area contributed by atoms with Crippen molar-refractivity contribution in [2.24, 2.45) is 0 Å². The van der Waals surface area contributed by atoms with E-state index in [2.05, 4.69) is 5.32 Å². The number of carbonyl (C=O) groups is 1. The van der Waals surface area contributed by atoms with Crippen LogP contribution in [0.5, 0.6) is 0 Å². The zero-order valence-electron chi connectivity index (χ0n) is 11.2. The summed E-state index contributed by atoms with van der Waals surface area (Å²) in [7, 11) is 3.93. The monoisotopic (exact) mass is 264 g/mol. The van der Waals surface area contributed by atoms with Gasteiger partial charge in [0.25, 0.3) is 0 Å². The Morgan fingerprint density at radius 1 is 1.37 bits per heavy atom. The second-order valence-electron chi connectivity index (χ2n) is 4.40. The van der Waals surface area contributed by atoms with E-state index in [0.717, 1.165) is 11.3 Å². The molecule has 0 aliphatic heterocycles. The number of nitrogens with zero attached hydrogens (tertiary/aromatic N) is 1. The van der Waals surface area contributed by atoms with Crippen molar-refractivity contribution in [3.8, 4) is 0 Å². The van der Waals surface area contributed by atoms with Crippen LogP contribution >= 0.6 is 0 Å². The van der Waals surface area contributed by atoms with Crippen molar-refractivity contribution in [1.29, 1.82) is 0 Å². The predicted molar refractivity (Wildman–Crippen MR) is 75.9 cm³/mol. The van der Waals surface area contributed by atoms with Gasteiger partial charge >= 0.3 is 0 Å². The molecule has 0 heterocycles. The summed E-state index contributed by atoms with van der Waals surface area (Å²) in [5, 5.41) is 20.2. The van der Waals surface area contributed by atoms with Crippen molar-refractivity contribution in [3.63, 3.8) is 0 Å². The Kier molecular flexibility index (Phi) is 6.05. The highest BCUT2D eigenvalue weighted by Crippen LogP contribution is 2.12. The molecule has 1 aromatic carbocycles. The zero-order chi connectivity index (χ0) is 14.3. The number of rotatable bonds is 6. The van der Waals surface area contributed by atoms with Gasteiger partial charge in [-0.05, 0) is 23.8 Å². The lowest BCUT2D eigenvalue weighted by molar-refractivity contribution is -0.117. The van der Waals surface area contributed by atoms with E-state index in [4.69, 9.17) is 10.2 Å². The topological polar surface area (TPSA) is 72.8 Å². The van der Waals surface area contributed by atoms with E-state index >= 15 is 0 Å². The number of nitrogens with one attached hydrogen (secondary N) is 1. The van der Waals surface area contributed by atoms with E-state index in [9.17, 15) is 4.79 Å². The molecule has 0 saturated heterocycles. The molecular weight excluding hydrogens is 244 g/mol. The molecule has 0 aliphatic carbocycles. The summed E-state index contributed by atoms with van der Waals surface area (Å²) in [6, 6.07) is 7.77. The Bertz CT molecular complexity index is 427. The van der Waals surface area contributed by atoms with Gasteiger partial charge in [0.2, 0.25) is 5.91 Å². The first kappa shape index (κ1) is 15.2. The van der Waals surface area contributed by atoms with E-state index < -0.39 is 6.10 Å². The lowest BCUT2D eigenvalue weighted by Gasteiger charge is -2.11. The Morgan fingerprint density at radius 3 is 2.53 bits per heavy atom. The van der Waals surface area contributed by atoms with Crippen LogP contribution in [0.4, 0.5) is 5.69 Å². The summed E-state index contributed by atoms with van der Waals surface area (Å²) < 4.78 is 0. The molecule has 1 rings (SSSR count). The lowest BCUT2D eigenvalue weighted by Crippen LogP contribution is -2.32. The summed E-state index contributed by atoms with van der Waals surface area (Å²) in [4.78, 5) is 13.4. The normalized spacial score (nSPS) is 12.4. The summed E-state index contributed by atoms with van der Waals surface area (Å²) in [5.74, 6) is -0.302. The van der Waals surface area contributed by atoms with E-state index in [1.54, 1.807) is 6.08 Å². The summed E-state index contributed by atoms with van der Waals surface area (Å²) in [6.07, 6.45) is 2.17. The van der Waals surface area contributed by atoms with Gasteiger partial charge < -0.3 is 20.4 Å². The third kappa shape index (κ3) is 5.54. The first-order valence-corrected chi connectivity index (χ1v) is 6.05. The molecule has 0 bridgehead atoms. The summed E-state index contributed by atoms with van der Waals surface area (Å²) in [5.41, 5.74) is 2.01. The molecule has 19 heavy (non-hydrogen) atoms. The minimum atomic E-state index is -0.920. The van der Waals surface area contributed by atoms with Gasteiger partial charge in [0.15, 0.2) is 0 Å². The van der Waals surface area contributed by atoms with Crippen molar-refractivity contribution in [2.75, 3.05) is 32.1 Å². The molecule has 1 unspecified atom stereocenters. The molecule has 0 spiro atoms. The first-order valence-electron chi connectivity index (χ1n) is 6.05. The second kappa shape index (κ2) is 7.56. The molecule has 0 aromatic heterocycles. The predicted octanol–water partition coefficient (Wildman–Crippen LogP) is 0.235. The van der Waals surface area contributed by atoms with Gasteiger partial charge in [0, 0.05) is 32.4 Å². The molecule has 0 aliphatic rings. The summed E-state index contributed by atoms with van der Waals surface area (Å²) >= 11 is 0. The molecule has 104 valence electrons. The SMILES string of the molecule is CN(C)c1ccc(C=CC(=O)NCC(O)CO)cc1. The highest BCUT2D eigenvalue weighted by Gasteiger charge is 2.02. The molecule has 0 saturated carbocycles. The van der Waals surface area contributed by atoms with Gasteiger partial charge in [-0.15, -0.1) is 0 Å². The van der Waals surface area contributed by atoms with Gasteiger partial charge in [-0.3, -0.25) is 4.79 Å². The van der Waals surface area contributed by atoms with Crippen LogP contribution in [-0.4, -0.2) is 49.5 Å². The largest absolute Gasteiger partial charge is 0.394 e. The lowest BCUT2D eigenvalue weighted by atomic mass is 10.2. The Hall–Kier alpha value is -1.85. The average molecular weight is 264 g/mol. The third-order valence-electron chi connectivity index (χ3n) is 2.56. The third-order valence-corrected chi connectivity index (χ3v) is 2.56. The maximum Gasteiger partial charge on any atom is 0.244 e. The molecule has 1 atom stereocenters. The van der Waals surface area contributed by atoms with Gasteiger partial charge in [-0.2, -0.15) is 0 Å². The molecule has 0 fully saturated rings. The Morgan fingerprint density at radius 2 is 2.00 bits per heavy atom. The maximum absolute atomic E-state index is 11.4. The van der Waals surface area contributed by atoms with Crippen molar-refractivity contribution in [3.05, 3.63) is 35.9 Å². The molecular formula is C14H20N2O3. The van der Waals surface area contributed by atoms with Gasteiger partial charge in [0.1, 0.15) is 0 Å². The van der Waals surface area contributed by atoms with Crippen LogP contribution in [-0.2, 0) is 4.79 Å². The number of benzene rings is 1. The van der Waals surface area contributed by atoms with Crippen molar-refractivity contribution in [1.82, 2.24) is 5.32 Å². The minimum Gasteiger partial charge on any atom is -0.394 e. The molecule has 3 N–H and O–H groups in total. The fourth-order valence-electron chi connectivity index (χ4n) is 1.40. The number of amides is 1. The zero-order valence-corrected chi connectivity index (χ0v) is 11.2. The van der Waals surface area contributed by atoms with Crippen LogP contribution in [0.15, 0.2) is 30.3 Å². The standard InChI is InChI=1S/C14H20N2O3/c1-16(2)12-6-3-11(4-7-12)5-8-14(19)15-9-13(18)10-17/h3-8,13,17-18H,9-10H2,1-2H3,(H,15,19). The van der Waals surface area contributed by atoms with Crippen LogP contribution in [0.2, 0.25) is 0 Å². The smallest absolute Gasteiger partial charge is 0.244 e. The van der Waals surface area contributed by atoms with E-state index in [1.807, 2.05) is 43.3 Å². The average Bonchev–Trinajstić information content (AvgIpc) is 2.42. The highest BCUT2D eigenvalue weighted by molar-refractivity contribution is 5.91. The molecule has 5 nitrogen and oxygen atoms in total. The van der Waals surface area contributed by atoms with Crippen LogP contribution < -0.4 is 10.2 Å². The van der Waals surface area contributed by atoms with Crippen LogP contribution in [0.25, 0.3) is 6.08 Å². The molecule has 5 heteroatoms. The van der Waals surface area contributed by atoms with Crippen LogP contribution in [0.3, 0.4) is 0 Å². The van der Waals surface area contributed by atoms with Crippen LogP contribution in [0, 0.1) is 0 Å². The second-order valence-corrected chi connectivity index (χ2v) is 4.40. The quantitative estimate of drug-likeness (QED) is 0.643. The number of aliphatic hydroxyl groups is 2. The molecule has 1 aromatic rings. The van der Waals surface area contributed by atoms with Crippen molar-refractivity contribution in [2.45, 2.75) is 6.10 Å². The van der Waals surface area contributed by atoms with Gasteiger partial charge in [-0.1, -0.05) is 12.1 Å². The Balaban J connectivity index is 2.49.